The number of hydrogen-bond acceptors (Lipinski definition) is 3. The molecule has 0 aromatic heterocycles. The fourth-order valence-electron chi connectivity index (χ4n) is 2.25. The summed E-state index contributed by atoms with van der Waals surface area (Å²) in [6.45, 7) is 4.26. The van der Waals surface area contributed by atoms with Crippen molar-refractivity contribution in [3.63, 3.8) is 0 Å². The third-order valence-electron chi connectivity index (χ3n) is 3.58. The standard InChI is InChI=1S/C15H21NO3/c1-11(15(17)18)13-6-4-12(5-7-13)9-16-10-14-3-2-8-19-14/h4-7,11,14,16H,2-3,8-10H2,1H3,(H,17,18). The normalized spacial score (nSPS) is 20.4. The number of nitrogens with one attached hydrogen (secondary N) is 1. The number of ether oxygens (including phenoxy) is 1. The molecule has 1 aliphatic rings. The minimum atomic E-state index is -0.788. The number of aliphatic carboxylic acids is 1. The highest BCUT2D eigenvalue weighted by Crippen LogP contribution is 2.16. The lowest BCUT2D eigenvalue weighted by atomic mass is 10.00. The maximum absolute atomic E-state index is 10.9. The molecule has 1 saturated heterocycles. The van der Waals surface area contributed by atoms with Crippen molar-refractivity contribution >= 4 is 5.97 Å². The highest BCUT2D eigenvalue weighted by Gasteiger charge is 2.15. The Bertz CT molecular complexity index is 410. The molecule has 0 aliphatic carbocycles. The van der Waals surface area contributed by atoms with Crippen LogP contribution in [0.2, 0.25) is 0 Å². The molecule has 1 aliphatic heterocycles. The van der Waals surface area contributed by atoms with Crippen LogP contribution in [-0.4, -0.2) is 30.3 Å². The highest BCUT2D eigenvalue weighted by atomic mass is 16.5. The van der Waals surface area contributed by atoms with Crippen molar-refractivity contribution in [3.8, 4) is 0 Å². The molecule has 2 unspecified atom stereocenters. The van der Waals surface area contributed by atoms with Crippen LogP contribution in [0.3, 0.4) is 0 Å². The molecule has 0 spiro atoms. The first kappa shape index (κ1) is 14.0. The van der Waals surface area contributed by atoms with E-state index in [-0.39, 0.29) is 0 Å². The van der Waals surface area contributed by atoms with Gasteiger partial charge in [0.15, 0.2) is 0 Å². The maximum Gasteiger partial charge on any atom is 0.310 e. The number of benzene rings is 1. The third kappa shape index (κ3) is 4.04. The van der Waals surface area contributed by atoms with Gasteiger partial charge in [-0.2, -0.15) is 0 Å². The summed E-state index contributed by atoms with van der Waals surface area (Å²) in [5, 5.41) is 12.3. The summed E-state index contributed by atoms with van der Waals surface area (Å²) in [4.78, 5) is 10.9. The molecule has 4 heteroatoms. The summed E-state index contributed by atoms with van der Waals surface area (Å²) in [7, 11) is 0. The van der Waals surface area contributed by atoms with E-state index in [1.165, 1.54) is 5.56 Å². The van der Waals surface area contributed by atoms with E-state index in [9.17, 15) is 4.79 Å². The number of carboxylic acids is 1. The first-order chi connectivity index (χ1) is 9.16. The van der Waals surface area contributed by atoms with Gasteiger partial charge in [-0.25, -0.2) is 0 Å². The number of carbonyl (C=O) groups is 1. The van der Waals surface area contributed by atoms with E-state index in [0.29, 0.717) is 6.10 Å². The first-order valence-electron chi connectivity index (χ1n) is 6.81. The summed E-state index contributed by atoms with van der Waals surface area (Å²) >= 11 is 0. The highest BCUT2D eigenvalue weighted by molar-refractivity contribution is 5.75. The van der Waals surface area contributed by atoms with Crippen molar-refractivity contribution in [1.82, 2.24) is 5.32 Å². The van der Waals surface area contributed by atoms with Crippen LogP contribution in [0, 0.1) is 0 Å². The lowest BCUT2D eigenvalue weighted by molar-refractivity contribution is -0.138. The summed E-state index contributed by atoms with van der Waals surface area (Å²) < 4.78 is 5.54. The topological polar surface area (TPSA) is 58.6 Å². The Balaban J connectivity index is 1.79. The second kappa shape index (κ2) is 6.68. The Kier molecular flexibility index (Phi) is 4.93. The van der Waals surface area contributed by atoms with Gasteiger partial charge < -0.3 is 15.2 Å². The molecule has 2 rings (SSSR count). The zero-order chi connectivity index (χ0) is 13.7. The zero-order valence-electron chi connectivity index (χ0n) is 11.3. The minimum absolute atomic E-state index is 0.353. The Morgan fingerprint density at radius 1 is 1.47 bits per heavy atom. The van der Waals surface area contributed by atoms with Crippen LogP contribution in [0.4, 0.5) is 0 Å². The molecule has 0 radical (unpaired) electrons. The minimum Gasteiger partial charge on any atom is -0.481 e. The molecule has 4 nitrogen and oxygen atoms in total. The molecule has 1 aromatic carbocycles. The van der Waals surface area contributed by atoms with E-state index < -0.39 is 11.9 Å². The van der Waals surface area contributed by atoms with Crippen molar-refractivity contribution in [2.75, 3.05) is 13.2 Å². The van der Waals surface area contributed by atoms with Gasteiger partial charge in [-0.3, -0.25) is 4.79 Å². The van der Waals surface area contributed by atoms with Crippen LogP contribution in [0.1, 0.15) is 36.8 Å². The van der Waals surface area contributed by atoms with Gasteiger partial charge in [0.05, 0.1) is 12.0 Å². The Morgan fingerprint density at radius 3 is 2.79 bits per heavy atom. The van der Waals surface area contributed by atoms with Crippen molar-refractivity contribution in [3.05, 3.63) is 35.4 Å². The Hall–Kier alpha value is -1.39. The third-order valence-corrected chi connectivity index (χ3v) is 3.58. The molecule has 0 bridgehead atoms. The van der Waals surface area contributed by atoms with E-state index >= 15 is 0 Å². The predicted molar refractivity (Wildman–Crippen MR) is 73.2 cm³/mol. The molecule has 0 amide bonds. The van der Waals surface area contributed by atoms with Crippen LogP contribution >= 0.6 is 0 Å². The smallest absolute Gasteiger partial charge is 0.310 e. The average molecular weight is 263 g/mol. The molecule has 0 saturated carbocycles. The van der Waals surface area contributed by atoms with Gasteiger partial charge in [0.25, 0.3) is 0 Å². The number of carboxylic acid groups (broad SMARTS) is 1. The van der Waals surface area contributed by atoms with Crippen molar-refractivity contribution in [1.29, 1.82) is 0 Å². The lowest BCUT2D eigenvalue weighted by Gasteiger charge is -2.11. The molecule has 104 valence electrons. The van der Waals surface area contributed by atoms with Crippen molar-refractivity contribution in [2.45, 2.75) is 38.3 Å². The molecule has 1 fully saturated rings. The summed E-state index contributed by atoms with van der Waals surface area (Å²) in [5.41, 5.74) is 2.01. The van der Waals surface area contributed by atoms with Gasteiger partial charge in [-0.05, 0) is 30.9 Å². The van der Waals surface area contributed by atoms with Gasteiger partial charge in [-0.15, -0.1) is 0 Å². The van der Waals surface area contributed by atoms with Crippen molar-refractivity contribution in [2.24, 2.45) is 0 Å². The van der Waals surface area contributed by atoms with Gasteiger partial charge in [0, 0.05) is 19.7 Å². The van der Waals surface area contributed by atoms with Gasteiger partial charge >= 0.3 is 5.97 Å². The monoisotopic (exact) mass is 263 g/mol. The molecular formula is C15H21NO3. The van der Waals surface area contributed by atoms with E-state index in [2.05, 4.69) is 5.32 Å². The van der Waals surface area contributed by atoms with E-state index in [1.807, 2.05) is 24.3 Å². The largest absolute Gasteiger partial charge is 0.481 e. The fraction of sp³-hybridized carbons (Fsp3) is 0.533. The average Bonchev–Trinajstić information content (AvgIpc) is 2.92. The quantitative estimate of drug-likeness (QED) is 0.825. The second-order valence-corrected chi connectivity index (χ2v) is 5.07. The molecule has 1 heterocycles. The van der Waals surface area contributed by atoms with Crippen LogP contribution < -0.4 is 5.32 Å². The predicted octanol–water partition coefficient (Wildman–Crippen LogP) is 2.14. The lowest BCUT2D eigenvalue weighted by Crippen LogP contribution is -2.25. The number of rotatable bonds is 6. The summed E-state index contributed by atoms with van der Waals surface area (Å²) in [5.74, 6) is -1.24. The molecule has 19 heavy (non-hydrogen) atoms. The SMILES string of the molecule is CC(C(=O)O)c1ccc(CNCC2CCCO2)cc1. The fourth-order valence-corrected chi connectivity index (χ4v) is 2.25. The molecule has 2 N–H and O–H groups in total. The van der Waals surface area contributed by atoms with E-state index in [0.717, 1.165) is 38.1 Å². The van der Waals surface area contributed by atoms with Crippen molar-refractivity contribution < 1.29 is 14.6 Å². The van der Waals surface area contributed by atoms with Gasteiger partial charge in [0.1, 0.15) is 0 Å². The second-order valence-electron chi connectivity index (χ2n) is 5.07. The van der Waals surface area contributed by atoms with E-state index in [4.69, 9.17) is 9.84 Å². The molecule has 2 atom stereocenters. The summed E-state index contributed by atoms with van der Waals surface area (Å²) in [6.07, 6.45) is 2.65. The van der Waals surface area contributed by atoms with E-state index in [1.54, 1.807) is 6.92 Å². The zero-order valence-corrected chi connectivity index (χ0v) is 11.3. The Morgan fingerprint density at radius 2 is 2.21 bits per heavy atom. The first-order valence-corrected chi connectivity index (χ1v) is 6.81. The maximum atomic E-state index is 10.9. The van der Waals surface area contributed by atoms with Gasteiger partial charge in [0.2, 0.25) is 0 Å². The van der Waals surface area contributed by atoms with Crippen LogP contribution in [0.25, 0.3) is 0 Å². The molecular weight excluding hydrogens is 242 g/mol. The van der Waals surface area contributed by atoms with Crippen LogP contribution in [0.15, 0.2) is 24.3 Å². The summed E-state index contributed by atoms with van der Waals surface area (Å²) in [6, 6.07) is 7.75. The van der Waals surface area contributed by atoms with Crippen LogP contribution in [0.5, 0.6) is 0 Å². The molecule has 1 aromatic rings. The van der Waals surface area contributed by atoms with Crippen LogP contribution in [-0.2, 0) is 16.1 Å². The van der Waals surface area contributed by atoms with Gasteiger partial charge in [-0.1, -0.05) is 24.3 Å². The number of hydrogen-bond donors (Lipinski definition) is 2. The Labute approximate surface area is 113 Å².